The number of esters is 1. The minimum absolute atomic E-state index is 0.251. The van der Waals surface area contributed by atoms with Gasteiger partial charge in [0.15, 0.2) is 0 Å². The van der Waals surface area contributed by atoms with E-state index in [4.69, 9.17) is 4.74 Å². The molecular formula is C20H30O3SeSi. The molecule has 5 heteroatoms. The van der Waals surface area contributed by atoms with Crippen molar-refractivity contribution >= 4 is 39.2 Å². The fourth-order valence-corrected chi connectivity index (χ4v) is 5.21. The Kier molecular flexibility index (Phi) is 10.0. The van der Waals surface area contributed by atoms with E-state index in [1.807, 2.05) is 6.07 Å². The van der Waals surface area contributed by atoms with Crippen molar-refractivity contribution in [1.82, 2.24) is 0 Å². The van der Waals surface area contributed by atoms with Gasteiger partial charge in [0.05, 0.1) is 0 Å². The SMILES string of the molecule is CCOC(=O)C(=O)CC[C@H](/C=C/C[Si](C)(C)C)C[Se]c1ccccc1. The number of hydrogen-bond donors (Lipinski definition) is 0. The Morgan fingerprint density at radius 1 is 1.20 bits per heavy atom. The second-order valence-electron chi connectivity index (χ2n) is 7.26. The van der Waals surface area contributed by atoms with E-state index >= 15 is 0 Å². The number of benzene rings is 1. The monoisotopic (exact) mass is 426 g/mol. The second-order valence-corrected chi connectivity index (χ2v) is 15.1. The molecule has 0 heterocycles. The molecule has 0 amide bonds. The Hall–Kier alpha value is -1.16. The van der Waals surface area contributed by atoms with Crippen LogP contribution in [0, 0.1) is 5.92 Å². The van der Waals surface area contributed by atoms with Crippen molar-refractivity contribution in [2.45, 2.75) is 50.8 Å². The summed E-state index contributed by atoms with van der Waals surface area (Å²) in [4.78, 5) is 23.4. The van der Waals surface area contributed by atoms with Crippen LogP contribution < -0.4 is 4.46 Å². The van der Waals surface area contributed by atoms with Crippen molar-refractivity contribution in [2.24, 2.45) is 5.92 Å². The van der Waals surface area contributed by atoms with E-state index < -0.39 is 19.8 Å². The van der Waals surface area contributed by atoms with Gasteiger partial charge in [-0.15, -0.1) is 0 Å². The van der Waals surface area contributed by atoms with E-state index in [1.165, 1.54) is 4.46 Å². The molecule has 0 bridgehead atoms. The summed E-state index contributed by atoms with van der Waals surface area (Å²) in [5.74, 6) is -0.756. The maximum absolute atomic E-state index is 11.9. The Balaban J connectivity index is 2.60. The molecule has 0 aliphatic heterocycles. The molecular weight excluding hydrogens is 395 g/mol. The van der Waals surface area contributed by atoms with Gasteiger partial charge >= 0.3 is 159 Å². The zero-order valence-corrected chi connectivity index (χ0v) is 18.5. The molecule has 0 radical (unpaired) electrons. The number of carbonyl (C=O) groups is 2. The summed E-state index contributed by atoms with van der Waals surface area (Å²) in [6, 6.07) is 11.6. The van der Waals surface area contributed by atoms with Gasteiger partial charge in [-0.1, -0.05) is 0 Å². The van der Waals surface area contributed by atoms with E-state index in [-0.39, 0.29) is 13.0 Å². The first-order valence-electron chi connectivity index (χ1n) is 8.86. The Labute approximate surface area is 159 Å². The van der Waals surface area contributed by atoms with Crippen LogP contribution >= 0.6 is 0 Å². The summed E-state index contributed by atoms with van der Waals surface area (Å²) < 4.78 is 6.16. The van der Waals surface area contributed by atoms with Gasteiger partial charge in [0.25, 0.3) is 0 Å². The molecule has 1 aromatic rings. The van der Waals surface area contributed by atoms with Crippen LogP contribution in [0.3, 0.4) is 0 Å². The molecule has 0 aliphatic rings. The molecule has 0 unspecified atom stereocenters. The van der Waals surface area contributed by atoms with E-state index in [1.54, 1.807) is 6.92 Å². The summed E-state index contributed by atoms with van der Waals surface area (Å²) in [6.45, 7) is 9.02. The van der Waals surface area contributed by atoms with E-state index in [0.717, 1.165) is 11.4 Å². The van der Waals surface area contributed by atoms with Crippen LogP contribution in [-0.2, 0) is 14.3 Å². The Morgan fingerprint density at radius 3 is 2.48 bits per heavy atom. The third kappa shape index (κ3) is 10.4. The minimum atomic E-state index is -1.11. The zero-order chi connectivity index (χ0) is 18.7. The van der Waals surface area contributed by atoms with E-state index in [2.05, 4.69) is 56.1 Å². The van der Waals surface area contributed by atoms with Crippen LogP contribution in [0.5, 0.6) is 0 Å². The first-order chi connectivity index (χ1) is 11.8. The van der Waals surface area contributed by atoms with Crippen molar-refractivity contribution in [3.05, 3.63) is 42.5 Å². The summed E-state index contributed by atoms with van der Waals surface area (Å²) in [6.07, 6.45) is 5.54. The molecule has 0 aliphatic carbocycles. The van der Waals surface area contributed by atoms with Crippen LogP contribution in [-0.4, -0.2) is 41.4 Å². The van der Waals surface area contributed by atoms with Crippen LogP contribution in [0.1, 0.15) is 19.8 Å². The number of carbonyl (C=O) groups excluding carboxylic acids is 2. The van der Waals surface area contributed by atoms with Gasteiger partial charge in [0, 0.05) is 0 Å². The third-order valence-corrected chi connectivity index (χ3v) is 7.57. The average molecular weight is 426 g/mol. The third-order valence-electron chi connectivity index (χ3n) is 3.59. The molecule has 0 saturated heterocycles. The van der Waals surface area contributed by atoms with E-state index in [0.29, 0.717) is 27.3 Å². The standard InChI is InChI=1S/C20H30O3SeSi/c1-5-23-20(22)19(21)14-13-17(10-9-15-25(2,3)4)16-24-18-11-7-6-8-12-18/h6-12,17H,5,13-16H2,1-4H3/b10-9+/t17-/m0/s1. The molecule has 1 aromatic carbocycles. The van der Waals surface area contributed by atoms with Crippen molar-refractivity contribution < 1.29 is 14.3 Å². The quantitative estimate of drug-likeness (QED) is 0.234. The van der Waals surface area contributed by atoms with Crippen LogP contribution in [0.2, 0.25) is 31.0 Å². The van der Waals surface area contributed by atoms with E-state index in [9.17, 15) is 9.59 Å². The first kappa shape index (κ1) is 21.9. The normalized spacial score (nSPS) is 13.0. The van der Waals surface area contributed by atoms with Gasteiger partial charge in [0.1, 0.15) is 0 Å². The first-order valence-corrected chi connectivity index (χ1v) is 14.6. The number of ketones is 1. The Morgan fingerprint density at radius 2 is 1.88 bits per heavy atom. The molecule has 3 nitrogen and oxygen atoms in total. The number of hydrogen-bond acceptors (Lipinski definition) is 3. The van der Waals surface area contributed by atoms with Crippen LogP contribution in [0.25, 0.3) is 0 Å². The molecule has 0 saturated carbocycles. The van der Waals surface area contributed by atoms with Gasteiger partial charge in [-0.2, -0.15) is 0 Å². The molecule has 0 spiro atoms. The molecule has 0 N–H and O–H groups in total. The summed E-state index contributed by atoms with van der Waals surface area (Å²) in [5.41, 5.74) is 0. The fourth-order valence-electron chi connectivity index (χ4n) is 2.20. The van der Waals surface area contributed by atoms with Gasteiger partial charge < -0.3 is 0 Å². The second kappa shape index (κ2) is 11.5. The number of Topliss-reactive ketones (excluding diaryl/α,β-unsaturated/α-hetero) is 1. The molecule has 0 aromatic heterocycles. The molecule has 1 atom stereocenters. The van der Waals surface area contributed by atoms with Gasteiger partial charge in [0.2, 0.25) is 0 Å². The topological polar surface area (TPSA) is 43.4 Å². The number of rotatable bonds is 11. The molecule has 0 fully saturated rings. The predicted molar refractivity (Wildman–Crippen MR) is 108 cm³/mol. The van der Waals surface area contributed by atoms with Gasteiger partial charge in [-0.05, 0) is 0 Å². The number of ether oxygens (including phenoxy) is 1. The average Bonchev–Trinajstić information content (AvgIpc) is 2.56. The molecule has 138 valence electrons. The van der Waals surface area contributed by atoms with Gasteiger partial charge in [-0.25, -0.2) is 0 Å². The predicted octanol–water partition coefficient (Wildman–Crippen LogP) is 3.86. The number of allylic oxidation sites excluding steroid dienone is 2. The summed E-state index contributed by atoms with van der Waals surface area (Å²) >= 11 is 0.377. The van der Waals surface area contributed by atoms with Crippen molar-refractivity contribution in [2.75, 3.05) is 6.61 Å². The van der Waals surface area contributed by atoms with Crippen LogP contribution in [0.4, 0.5) is 0 Å². The summed E-state index contributed by atoms with van der Waals surface area (Å²) in [5, 5.41) is 1.05. The molecule has 1 rings (SSSR count). The fraction of sp³-hybridized carbons (Fsp3) is 0.500. The summed E-state index contributed by atoms with van der Waals surface area (Å²) in [7, 11) is -1.11. The van der Waals surface area contributed by atoms with Gasteiger partial charge in [-0.3, -0.25) is 0 Å². The van der Waals surface area contributed by atoms with Crippen molar-refractivity contribution in [3.63, 3.8) is 0 Å². The molecule has 25 heavy (non-hydrogen) atoms. The zero-order valence-electron chi connectivity index (χ0n) is 15.8. The maximum atomic E-state index is 11.9. The Bertz CT molecular complexity index is 564. The van der Waals surface area contributed by atoms with Crippen molar-refractivity contribution in [1.29, 1.82) is 0 Å². The van der Waals surface area contributed by atoms with Crippen LogP contribution in [0.15, 0.2) is 42.5 Å². The van der Waals surface area contributed by atoms with Crippen molar-refractivity contribution in [3.8, 4) is 0 Å².